The van der Waals surface area contributed by atoms with Gasteiger partial charge in [0.25, 0.3) is 5.56 Å². The normalized spacial score (nSPS) is 11.0. The summed E-state index contributed by atoms with van der Waals surface area (Å²) in [6, 6.07) is 0. The molecule has 2 rings (SSSR count). The van der Waals surface area contributed by atoms with E-state index in [0.29, 0.717) is 17.7 Å². The molecule has 0 fully saturated rings. The Kier molecular flexibility index (Phi) is 1.77. The predicted octanol–water partition coefficient (Wildman–Crippen LogP) is -0.757. The lowest BCUT2D eigenvalue weighted by Crippen LogP contribution is -2.29. The second-order valence-corrected chi connectivity index (χ2v) is 2.95. The highest BCUT2D eigenvalue weighted by molar-refractivity contribution is 5.69. The van der Waals surface area contributed by atoms with Crippen molar-refractivity contribution < 1.29 is 0 Å². The maximum atomic E-state index is 11.4. The molecule has 0 aliphatic carbocycles. The second-order valence-electron chi connectivity index (χ2n) is 2.95. The molecule has 14 heavy (non-hydrogen) atoms. The molecule has 6 heteroatoms. The monoisotopic (exact) mass is 193 g/mol. The van der Waals surface area contributed by atoms with E-state index in [1.807, 2.05) is 6.92 Å². The van der Waals surface area contributed by atoms with Crippen molar-refractivity contribution in [1.29, 1.82) is 0 Å². The molecule has 2 aromatic rings. The van der Waals surface area contributed by atoms with Crippen LogP contribution in [0.4, 0.5) is 0 Å². The number of hydrogen-bond acceptors (Lipinski definition) is 3. The first-order chi connectivity index (χ1) is 6.65. The van der Waals surface area contributed by atoms with E-state index in [2.05, 4.69) is 16.3 Å². The summed E-state index contributed by atoms with van der Waals surface area (Å²) < 4.78 is 2.87. The number of H-pyrrole nitrogens is 1. The maximum Gasteiger partial charge on any atom is 0.329 e. The summed E-state index contributed by atoms with van der Waals surface area (Å²) in [5.41, 5.74) is -0.133. The highest BCUT2D eigenvalue weighted by atomic mass is 16.2. The zero-order chi connectivity index (χ0) is 10.3. The fraction of sp³-hybridized carbons (Fsp3) is 0.375. The van der Waals surface area contributed by atoms with Gasteiger partial charge in [-0.1, -0.05) is 0 Å². The van der Waals surface area contributed by atoms with Gasteiger partial charge in [0.1, 0.15) is 0 Å². The molecule has 1 radical (unpaired) electrons. The van der Waals surface area contributed by atoms with Gasteiger partial charge in [-0.25, -0.2) is 9.78 Å². The van der Waals surface area contributed by atoms with Crippen LogP contribution in [0.1, 0.15) is 6.92 Å². The summed E-state index contributed by atoms with van der Waals surface area (Å²) in [6.07, 6.45) is 2.66. The molecule has 73 valence electrons. The number of hydrogen-bond donors (Lipinski definition) is 1. The first-order valence-electron chi connectivity index (χ1n) is 4.22. The van der Waals surface area contributed by atoms with Crippen molar-refractivity contribution in [2.45, 2.75) is 13.5 Å². The fourth-order valence-electron chi connectivity index (χ4n) is 1.35. The van der Waals surface area contributed by atoms with Crippen LogP contribution in [0.2, 0.25) is 0 Å². The van der Waals surface area contributed by atoms with E-state index in [4.69, 9.17) is 0 Å². The van der Waals surface area contributed by atoms with Gasteiger partial charge in [-0.2, -0.15) is 0 Å². The van der Waals surface area contributed by atoms with Gasteiger partial charge >= 0.3 is 5.69 Å². The summed E-state index contributed by atoms with van der Waals surface area (Å²) in [7, 11) is 1.56. The van der Waals surface area contributed by atoms with Crippen molar-refractivity contribution in [3.63, 3.8) is 0 Å². The van der Waals surface area contributed by atoms with Gasteiger partial charge in [-0.15, -0.1) is 0 Å². The molecule has 0 spiro atoms. The summed E-state index contributed by atoms with van der Waals surface area (Å²) in [6.45, 7) is 2.47. The van der Waals surface area contributed by atoms with E-state index in [-0.39, 0.29) is 0 Å². The van der Waals surface area contributed by atoms with Gasteiger partial charge in [0.2, 0.25) is 0 Å². The molecule has 0 amide bonds. The zero-order valence-corrected chi connectivity index (χ0v) is 7.87. The smallest absolute Gasteiger partial charge is 0.316 e. The third-order valence-corrected chi connectivity index (χ3v) is 2.13. The molecule has 0 bridgehead atoms. The molecule has 0 aromatic carbocycles. The topological polar surface area (TPSA) is 72.7 Å². The molecule has 1 N–H and O–H groups in total. The lowest BCUT2D eigenvalue weighted by atomic mass is 10.5. The van der Waals surface area contributed by atoms with Crippen molar-refractivity contribution in [3.05, 3.63) is 27.2 Å². The summed E-state index contributed by atoms with van der Waals surface area (Å²) in [5.74, 6) is 0. The van der Waals surface area contributed by atoms with Crippen LogP contribution in [0, 0.1) is 6.33 Å². The number of rotatable bonds is 1. The molecule has 0 aliphatic rings. The van der Waals surface area contributed by atoms with Crippen LogP contribution in [0.5, 0.6) is 0 Å². The largest absolute Gasteiger partial charge is 0.329 e. The Balaban J connectivity index is 3.05. The van der Waals surface area contributed by atoms with Gasteiger partial charge < -0.3 is 4.57 Å². The van der Waals surface area contributed by atoms with Crippen molar-refractivity contribution in [2.75, 3.05) is 0 Å². The molecule has 2 heterocycles. The van der Waals surface area contributed by atoms with Crippen molar-refractivity contribution in [2.24, 2.45) is 7.05 Å². The first-order valence-corrected chi connectivity index (χ1v) is 4.22. The Hall–Kier alpha value is -1.85. The minimum Gasteiger partial charge on any atom is -0.316 e. The van der Waals surface area contributed by atoms with Gasteiger partial charge in [0, 0.05) is 13.6 Å². The van der Waals surface area contributed by atoms with Gasteiger partial charge in [0.15, 0.2) is 17.5 Å². The molecule has 0 saturated carbocycles. The number of imidazole rings is 1. The van der Waals surface area contributed by atoms with Crippen molar-refractivity contribution in [1.82, 2.24) is 19.1 Å². The Morgan fingerprint density at radius 3 is 2.86 bits per heavy atom. The average Bonchev–Trinajstić information content (AvgIpc) is 2.58. The Morgan fingerprint density at radius 2 is 2.21 bits per heavy atom. The summed E-state index contributed by atoms with van der Waals surface area (Å²) in [4.78, 5) is 28.7. The van der Waals surface area contributed by atoms with E-state index < -0.39 is 11.2 Å². The number of nitrogens with zero attached hydrogens (tertiary/aromatic N) is 3. The van der Waals surface area contributed by atoms with Gasteiger partial charge in [-0.3, -0.25) is 14.3 Å². The number of fused-ring (bicyclic) bond motifs is 1. The molecule has 0 aliphatic heterocycles. The van der Waals surface area contributed by atoms with Crippen LogP contribution < -0.4 is 11.2 Å². The minimum absolute atomic E-state index is 0.362. The summed E-state index contributed by atoms with van der Waals surface area (Å²) in [5, 5.41) is 0. The van der Waals surface area contributed by atoms with Gasteiger partial charge in [-0.05, 0) is 6.92 Å². The first kappa shape index (κ1) is 8.74. The second kappa shape index (κ2) is 2.83. The van der Waals surface area contributed by atoms with Crippen LogP contribution in [0.25, 0.3) is 11.2 Å². The SMILES string of the molecule is CCn1[c]nc2c1c(=O)[nH]c(=O)n2C. The highest BCUT2D eigenvalue weighted by Crippen LogP contribution is 2.02. The van der Waals surface area contributed by atoms with Crippen LogP contribution in [-0.2, 0) is 13.6 Å². The number of aromatic nitrogens is 4. The molecule has 0 saturated heterocycles. The van der Waals surface area contributed by atoms with E-state index in [0.717, 1.165) is 0 Å². The van der Waals surface area contributed by atoms with E-state index in [9.17, 15) is 9.59 Å². The minimum atomic E-state index is -0.461. The number of aromatic amines is 1. The van der Waals surface area contributed by atoms with Gasteiger partial charge in [0.05, 0.1) is 0 Å². The number of aryl methyl sites for hydroxylation is 2. The maximum absolute atomic E-state index is 11.4. The Morgan fingerprint density at radius 1 is 1.50 bits per heavy atom. The fourth-order valence-corrected chi connectivity index (χ4v) is 1.35. The third kappa shape index (κ3) is 1.00. The van der Waals surface area contributed by atoms with Crippen molar-refractivity contribution >= 4 is 11.2 Å². The zero-order valence-electron chi connectivity index (χ0n) is 7.87. The lowest BCUT2D eigenvalue weighted by Gasteiger charge is -1.99. The summed E-state index contributed by atoms with van der Waals surface area (Å²) >= 11 is 0. The Labute approximate surface area is 78.8 Å². The predicted molar refractivity (Wildman–Crippen MR) is 50.1 cm³/mol. The molecule has 2 aromatic heterocycles. The van der Waals surface area contributed by atoms with Crippen molar-refractivity contribution in [3.8, 4) is 0 Å². The molecule has 0 unspecified atom stereocenters. The van der Waals surface area contributed by atoms with Crippen LogP contribution in [-0.4, -0.2) is 19.1 Å². The number of nitrogens with one attached hydrogen (secondary N) is 1. The third-order valence-electron chi connectivity index (χ3n) is 2.13. The quantitative estimate of drug-likeness (QED) is 0.647. The molecular weight excluding hydrogens is 184 g/mol. The van der Waals surface area contributed by atoms with E-state index >= 15 is 0 Å². The highest BCUT2D eigenvalue weighted by Gasteiger charge is 2.10. The molecular formula is C8H9N4O2. The van der Waals surface area contributed by atoms with E-state index in [1.165, 1.54) is 4.57 Å². The molecule has 0 atom stereocenters. The lowest BCUT2D eigenvalue weighted by molar-refractivity contribution is 0.771. The van der Waals surface area contributed by atoms with Crippen LogP contribution in [0.3, 0.4) is 0 Å². The van der Waals surface area contributed by atoms with E-state index in [1.54, 1.807) is 11.6 Å². The van der Waals surface area contributed by atoms with Crippen LogP contribution >= 0.6 is 0 Å². The average molecular weight is 193 g/mol. The standard InChI is InChI=1S/C8H9N4O2/c1-3-12-4-9-6-5(12)7(13)10-8(14)11(6)2/h3H2,1-2H3,(H,10,13,14). The molecule has 6 nitrogen and oxygen atoms in total. The Bertz CT molecular complexity index is 589. The van der Waals surface area contributed by atoms with Crippen LogP contribution in [0.15, 0.2) is 9.59 Å².